The monoisotopic (exact) mass is 386 g/mol. The molecule has 0 spiro atoms. The van der Waals surface area contributed by atoms with E-state index in [0.29, 0.717) is 11.0 Å². The van der Waals surface area contributed by atoms with Crippen molar-refractivity contribution in [2.24, 2.45) is 0 Å². The van der Waals surface area contributed by atoms with Gasteiger partial charge in [0.1, 0.15) is 11.3 Å². The van der Waals surface area contributed by atoms with Gasteiger partial charge >= 0.3 is 11.3 Å². The number of fused-ring (bicyclic) bond motifs is 1. The van der Waals surface area contributed by atoms with E-state index in [1.807, 2.05) is 61.5 Å². The maximum Gasteiger partial charge on any atom is 0.417 e. The average molecular weight is 386 g/mol. The molecule has 4 rings (SSSR count). The SMILES string of the molecule is C[C@@H](Nc1c([N+](=O)[O-])c(=O)oc2ccccc12)c1ccc(-c2ccccc2)cc1. The van der Waals surface area contributed by atoms with Crippen LogP contribution in [0.1, 0.15) is 18.5 Å². The number of para-hydroxylation sites is 1. The molecule has 1 heterocycles. The van der Waals surface area contributed by atoms with E-state index in [1.165, 1.54) is 0 Å². The third kappa shape index (κ3) is 3.60. The number of rotatable bonds is 5. The molecule has 1 N–H and O–H groups in total. The summed E-state index contributed by atoms with van der Waals surface area (Å²) in [7, 11) is 0. The number of nitro groups is 1. The van der Waals surface area contributed by atoms with E-state index in [9.17, 15) is 14.9 Å². The lowest BCUT2D eigenvalue weighted by Gasteiger charge is -2.17. The second kappa shape index (κ2) is 7.59. The van der Waals surface area contributed by atoms with Gasteiger partial charge in [-0.2, -0.15) is 0 Å². The minimum atomic E-state index is -0.970. The summed E-state index contributed by atoms with van der Waals surface area (Å²) < 4.78 is 5.11. The van der Waals surface area contributed by atoms with Gasteiger partial charge in [-0.1, -0.05) is 66.7 Å². The Morgan fingerprint density at radius 3 is 2.21 bits per heavy atom. The molecular formula is C23H18N2O4. The van der Waals surface area contributed by atoms with Crippen molar-refractivity contribution < 1.29 is 9.34 Å². The van der Waals surface area contributed by atoms with Crippen molar-refractivity contribution in [3.8, 4) is 11.1 Å². The lowest BCUT2D eigenvalue weighted by molar-refractivity contribution is -0.386. The Morgan fingerprint density at radius 1 is 0.897 bits per heavy atom. The zero-order valence-corrected chi connectivity index (χ0v) is 15.7. The lowest BCUT2D eigenvalue weighted by atomic mass is 10.0. The van der Waals surface area contributed by atoms with Crippen LogP contribution in [-0.4, -0.2) is 4.92 Å². The summed E-state index contributed by atoms with van der Waals surface area (Å²) in [6.45, 7) is 1.89. The molecule has 0 aliphatic rings. The van der Waals surface area contributed by atoms with Gasteiger partial charge in [0, 0.05) is 11.4 Å². The minimum Gasteiger partial charge on any atom is -0.418 e. The molecule has 0 aliphatic carbocycles. The first-order valence-corrected chi connectivity index (χ1v) is 9.17. The van der Waals surface area contributed by atoms with Crippen molar-refractivity contribution in [2.75, 3.05) is 5.32 Å². The Labute approximate surface area is 166 Å². The predicted octanol–water partition coefficient (Wildman–Crippen LogP) is 5.54. The van der Waals surface area contributed by atoms with Crippen molar-refractivity contribution in [2.45, 2.75) is 13.0 Å². The third-order valence-corrected chi connectivity index (χ3v) is 4.85. The maximum atomic E-state index is 12.2. The number of benzene rings is 3. The Balaban J connectivity index is 1.71. The molecule has 4 aromatic rings. The zero-order valence-electron chi connectivity index (χ0n) is 15.7. The molecular weight excluding hydrogens is 368 g/mol. The van der Waals surface area contributed by atoms with Crippen LogP contribution >= 0.6 is 0 Å². The number of nitrogens with zero attached hydrogens (tertiary/aromatic N) is 1. The van der Waals surface area contributed by atoms with Crippen LogP contribution in [0.3, 0.4) is 0 Å². The molecule has 144 valence electrons. The summed E-state index contributed by atoms with van der Waals surface area (Å²) in [6.07, 6.45) is 0. The highest BCUT2D eigenvalue weighted by atomic mass is 16.6. The fraction of sp³-hybridized carbons (Fsp3) is 0.0870. The summed E-state index contributed by atoms with van der Waals surface area (Å²) in [6, 6.07) is 24.5. The van der Waals surface area contributed by atoms with E-state index >= 15 is 0 Å². The Morgan fingerprint density at radius 2 is 1.52 bits per heavy atom. The standard InChI is InChI=1S/C23H18N2O4/c1-15(16-11-13-18(14-12-16)17-7-3-2-4-8-17)24-21-19-9-5-6-10-20(19)29-23(26)22(21)25(27)28/h2-15,24H,1H3/t15-/m1/s1. The Hall–Kier alpha value is -3.93. The van der Waals surface area contributed by atoms with E-state index in [4.69, 9.17) is 4.42 Å². The summed E-state index contributed by atoms with van der Waals surface area (Å²) in [5.41, 5.74) is 2.05. The summed E-state index contributed by atoms with van der Waals surface area (Å²) in [5.74, 6) is 0. The van der Waals surface area contributed by atoms with Crippen LogP contribution in [0.2, 0.25) is 0 Å². The number of hydrogen-bond donors (Lipinski definition) is 1. The maximum absolute atomic E-state index is 12.2. The first kappa shape index (κ1) is 18.4. The Bertz CT molecular complexity index is 1230. The largest absolute Gasteiger partial charge is 0.418 e. The van der Waals surface area contributed by atoms with E-state index < -0.39 is 16.2 Å². The van der Waals surface area contributed by atoms with Crippen LogP contribution in [0.15, 0.2) is 88.1 Å². The molecule has 6 nitrogen and oxygen atoms in total. The van der Waals surface area contributed by atoms with Crippen LogP contribution < -0.4 is 10.9 Å². The summed E-state index contributed by atoms with van der Waals surface area (Å²) in [5, 5.41) is 15.2. The first-order valence-electron chi connectivity index (χ1n) is 9.17. The molecule has 0 aliphatic heterocycles. The van der Waals surface area contributed by atoms with Gasteiger partial charge in [0.2, 0.25) is 0 Å². The van der Waals surface area contributed by atoms with E-state index in [1.54, 1.807) is 24.3 Å². The Kier molecular flexibility index (Phi) is 4.83. The number of nitrogens with one attached hydrogen (secondary N) is 1. The molecule has 0 unspecified atom stereocenters. The molecule has 6 heteroatoms. The molecule has 0 saturated carbocycles. The van der Waals surface area contributed by atoms with Gasteiger partial charge in [-0.05, 0) is 35.7 Å². The van der Waals surface area contributed by atoms with Gasteiger partial charge in [0.15, 0.2) is 0 Å². The van der Waals surface area contributed by atoms with E-state index in [2.05, 4.69) is 5.32 Å². The predicted molar refractivity (Wildman–Crippen MR) is 113 cm³/mol. The summed E-state index contributed by atoms with van der Waals surface area (Å²) >= 11 is 0. The van der Waals surface area contributed by atoms with Gasteiger partial charge in [0.25, 0.3) is 0 Å². The van der Waals surface area contributed by atoms with Crippen LogP contribution in [0.5, 0.6) is 0 Å². The van der Waals surface area contributed by atoms with Crippen LogP contribution in [0, 0.1) is 10.1 Å². The highest BCUT2D eigenvalue weighted by Gasteiger charge is 2.25. The van der Waals surface area contributed by atoms with Crippen LogP contribution in [0.25, 0.3) is 22.1 Å². The molecule has 1 atom stereocenters. The molecule has 0 fully saturated rings. The molecule has 0 amide bonds. The number of hydrogen-bond acceptors (Lipinski definition) is 5. The highest BCUT2D eigenvalue weighted by molar-refractivity contribution is 5.94. The van der Waals surface area contributed by atoms with Crippen LogP contribution in [0.4, 0.5) is 11.4 Å². The van der Waals surface area contributed by atoms with Gasteiger partial charge < -0.3 is 9.73 Å². The smallest absolute Gasteiger partial charge is 0.417 e. The third-order valence-electron chi connectivity index (χ3n) is 4.85. The molecule has 0 radical (unpaired) electrons. The van der Waals surface area contributed by atoms with E-state index in [0.717, 1.165) is 16.7 Å². The molecule has 29 heavy (non-hydrogen) atoms. The quantitative estimate of drug-likeness (QED) is 0.276. The van der Waals surface area contributed by atoms with Crippen molar-refractivity contribution in [3.05, 3.63) is 105 Å². The fourth-order valence-corrected chi connectivity index (χ4v) is 3.35. The van der Waals surface area contributed by atoms with Crippen molar-refractivity contribution in [1.29, 1.82) is 0 Å². The highest BCUT2D eigenvalue weighted by Crippen LogP contribution is 2.33. The summed E-state index contributed by atoms with van der Waals surface area (Å²) in [4.78, 5) is 23.0. The topological polar surface area (TPSA) is 85.4 Å². The molecule has 3 aromatic carbocycles. The normalized spacial score (nSPS) is 11.9. The van der Waals surface area contributed by atoms with E-state index in [-0.39, 0.29) is 11.7 Å². The van der Waals surface area contributed by atoms with Crippen molar-refractivity contribution in [3.63, 3.8) is 0 Å². The van der Waals surface area contributed by atoms with Gasteiger partial charge in [-0.15, -0.1) is 0 Å². The zero-order chi connectivity index (χ0) is 20.4. The fourth-order valence-electron chi connectivity index (χ4n) is 3.35. The first-order chi connectivity index (χ1) is 14.0. The molecule has 0 bridgehead atoms. The van der Waals surface area contributed by atoms with Gasteiger partial charge in [-0.25, -0.2) is 4.79 Å². The average Bonchev–Trinajstić information content (AvgIpc) is 2.74. The second-order valence-electron chi connectivity index (χ2n) is 6.72. The van der Waals surface area contributed by atoms with Gasteiger partial charge in [-0.3, -0.25) is 10.1 Å². The molecule has 1 aromatic heterocycles. The lowest BCUT2D eigenvalue weighted by Crippen LogP contribution is -2.14. The van der Waals surface area contributed by atoms with Crippen LogP contribution in [-0.2, 0) is 0 Å². The van der Waals surface area contributed by atoms with Crippen molar-refractivity contribution in [1.82, 2.24) is 0 Å². The van der Waals surface area contributed by atoms with Crippen molar-refractivity contribution >= 4 is 22.3 Å². The minimum absolute atomic E-state index is 0.168. The van der Waals surface area contributed by atoms with Gasteiger partial charge in [0.05, 0.1) is 4.92 Å². The number of anilines is 1. The molecule has 0 saturated heterocycles. The second-order valence-corrected chi connectivity index (χ2v) is 6.72.